The van der Waals surface area contributed by atoms with Crippen LogP contribution in [0, 0.1) is 0 Å². The highest BCUT2D eigenvalue weighted by Crippen LogP contribution is 2.27. The van der Waals surface area contributed by atoms with E-state index in [1.807, 2.05) is 12.1 Å². The summed E-state index contributed by atoms with van der Waals surface area (Å²) in [5.74, 6) is 1.43. The van der Waals surface area contributed by atoms with Gasteiger partial charge in [0.25, 0.3) is 0 Å². The van der Waals surface area contributed by atoms with Gasteiger partial charge in [-0.1, -0.05) is 0 Å². The van der Waals surface area contributed by atoms with E-state index in [9.17, 15) is 13.2 Å². The molecule has 1 aliphatic heterocycles. The molecule has 0 aliphatic carbocycles. The highest BCUT2D eigenvalue weighted by Gasteiger charge is 2.32. The Morgan fingerprint density at radius 1 is 1.23 bits per heavy atom. The zero-order valence-corrected chi connectivity index (χ0v) is 19.5. The smallest absolute Gasteiger partial charge is 0.433 e. The molecule has 1 aliphatic rings. The van der Waals surface area contributed by atoms with Gasteiger partial charge < -0.3 is 20.4 Å². The third-order valence-electron chi connectivity index (χ3n) is 4.79. The van der Waals surface area contributed by atoms with Crippen molar-refractivity contribution in [2.45, 2.75) is 25.1 Å². The van der Waals surface area contributed by atoms with E-state index in [-0.39, 0.29) is 36.0 Å². The predicted molar refractivity (Wildman–Crippen MR) is 123 cm³/mol. The van der Waals surface area contributed by atoms with Crippen LogP contribution in [0.5, 0.6) is 0 Å². The summed E-state index contributed by atoms with van der Waals surface area (Å²) in [5, 5.41) is 9.19. The van der Waals surface area contributed by atoms with Crippen molar-refractivity contribution < 1.29 is 17.6 Å². The maximum atomic E-state index is 12.7. The lowest BCUT2D eigenvalue weighted by Crippen LogP contribution is -2.43. The van der Waals surface area contributed by atoms with Crippen LogP contribution in [0.4, 0.5) is 19.1 Å². The number of anilines is 1. The van der Waals surface area contributed by atoms with Gasteiger partial charge in [0.15, 0.2) is 5.96 Å². The molecule has 172 valence electrons. The van der Waals surface area contributed by atoms with Gasteiger partial charge in [-0.15, -0.1) is 24.0 Å². The van der Waals surface area contributed by atoms with Gasteiger partial charge in [-0.3, -0.25) is 9.89 Å². The van der Waals surface area contributed by atoms with E-state index in [2.05, 4.69) is 35.8 Å². The second-order valence-corrected chi connectivity index (χ2v) is 6.84. The van der Waals surface area contributed by atoms with E-state index >= 15 is 0 Å². The van der Waals surface area contributed by atoms with E-state index in [0.717, 1.165) is 31.1 Å². The maximum Gasteiger partial charge on any atom is 0.433 e. The predicted octanol–water partition coefficient (Wildman–Crippen LogP) is 3.12. The van der Waals surface area contributed by atoms with Crippen molar-refractivity contribution in [3.63, 3.8) is 0 Å². The molecule has 2 aromatic rings. The third kappa shape index (κ3) is 7.52. The number of guanidine groups is 1. The Balaban J connectivity index is 0.00000341. The van der Waals surface area contributed by atoms with Gasteiger partial charge in [-0.25, -0.2) is 9.97 Å². The Bertz CT molecular complexity index is 811. The lowest BCUT2D eigenvalue weighted by molar-refractivity contribution is -0.141. The largest absolute Gasteiger partial charge is 0.468 e. The van der Waals surface area contributed by atoms with Crippen LogP contribution in [-0.2, 0) is 6.18 Å². The second kappa shape index (κ2) is 12.1. The van der Waals surface area contributed by atoms with Crippen LogP contribution in [0.1, 0.15) is 30.3 Å². The van der Waals surface area contributed by atoms with Gasteiger partial charge >= 0.3 is 6.18 Å². The van der Waals surface area contributed by atoms with E-state index in [0.29, 0.717) is 25.6 Å². The molecular weight excluding hydrogens is 526 g/mol. The summed E-state index contributed by atoms with van der Waals surface area (Å²) >= 11 is 0. The van der Waals surface area contributed by atoms with Crippen LogP contribution in [0.3, 0.4) is 0 Å². The number of halogens is 4. The van der Waals surface area contributed by atoms with Crippen LogP contribution >= 0.6 is 24.0 Å². The first-order valence-electron chi connectivity index (χ1n) is 9.83. The molecule has 1 unspecified atom stereocenters. The molecule has 3 heterocycles. The molecule has 0 aromatic carbocycles. The molecule has 0 radical (unpaired) electrons. The molecule has 1 saturated heterocycles. The molecule has 0 spiro atoms. The number of likely N-dealkylation sites (tertiary alicyclic amines) is 1. The molecule has 0 bridgehead atoms. The zero-order chi connectivity index (χ0) is 21.4. The van der Waals surface area contributed by atoms with Crippen molar-refractivity contribution in [2.24, 2.45) is 4.99 Å². The summed E-state index contributed by atoms with van der Waals surface area (Å²) in [6, 6.07) is 4.80. The lowest BCUT2D eigenvalue weighted by Gasteiger charge is -2.26. The highest BCUT2D eigenvalue weighted by molar-refractivity contribution is 14.0. The lowest BCUT2D eigenvalue weighted by atomic mass is 10.2. The molecule has 31 heavy (non-hydrogen) atoms. The van der Waals surface area contributed by atoms with Crippen LogP contribution in [-0.4, -0.2) is 60.6 Å². The van der Waals surface area contributed by atoms with Crippen LogP contribution in [0.2, 0.25) is 0 Å². The fourth-order valence-electron chi connectivity index (χ4n) is 3.31. The van der Waals surface area contributed by atoms with Crippen molar-refractivity contribution >= 4 is 35.9 Å². The number of alkyl halides is 3. The van der Waals surface area contributed by atoms with Gasteiger partial charge in [-0.2, -0.15) is 13.2 Å². The summed E-state index contributed by atoms with van der Waals surface area (Å²) in [4.78, 5) is 13.9. The molecule has 3 rings (SSSR count). The van der Waals surface area contributed by atoms with Gasteiger partial charge in [0.1, 0.15) is 11.5 Å². The fraction of sp³-hybridized carbons (Fsp3) is 0.526. The van der Waals surface area contributed by atoms with Crippen molar-refractivity contribution in [1.29, 1.82) is 0 Å². The van der Waals surface area contributed by atoms with Gasteiger partial charge in [0.05, 0.1) is 12.3 Å². The minimum Gasteiger partial charge on any atom is -0.468 e. The summed E-state index contributed by atoms with van der Waals surface area (Å²) in [6.07, 6.45) is 0.608. The van der Waals surface area contributed by atoms with Crippen molar-refractivity contribution in [2.75, 3.05) is 45.1 Å². The summed E-state index contributed by atoms with van der Waals surface area (Å²) in [7, 11) is 1.66. The van der Waals surface area contributed by atoms with Gasteiger partial charge in [0, 0.05) is 32.9 Å². The van der Waals surface area contributed by atoms with E-state index in [1.54, 1.807) is 13.3 Å². The molecule has 1 fully saturated rings. The Labute approximate surface area is 196 Å². The summed E-state index contributed by atoms with van der Waals surface area (Å²) in [6.45, 7) is 3.43. The highest BCUT2D eigenvalue weighted by atomic mass is 127. The average molecular weight is 553 g/mol. The molecule has 2 aromatic heterocycles. The number of nitrogens with zero attached hydrogens (tertiary/aromatic N) is 4. The maximum absolute atomic E-state index is 12.7. The zero-order valence-electron chi connectivity index (χ0n) is 17.2. The Morgan fingerprint density at radius 3 is 2.65 bits per heavy atom. The molecular formula is C19H27F3IN7O. The average Bonchev–Trinajstić information content (AvgIpc) is 3.44. The quantitative estimate of drug-likeness (QED) is 0.200. The first-order chi connectivity index (χ1) is 14.5. The first kappa shape index (κ1) is 25.2. The molecule has 0 amide bonds. The fourth-order valence-corrected chi connectivity index (χ4v) is 3.31. The van der Waals surface area contributed by atoms with Gasteiger partial charge in [0.2, 0.25) is 5.95 Å². The van der Waals surface area contributed by atoms with E-state index in [1.165, 1.54) is 12.8 Å². The topological polar surface area (TPSA) is 90.6 Å². The standard InChI is InChI=1S/C19H26F3N7O.HI/c1-23-17(25-8-9-26-18-24-7-6-16(28-18)19(20,21)22)27-13-14(15-5-4-12-30-15)29-10-2-3-11-29;/h4-7,12,14H,2-3,8-11,13H2,1H3,(H2,23,25,27)(H,24,26,28);1H. The summed E-state index contributed by atoms with van der Waals surface area (Å²) < 4.78 is 43.7. The van der Waals surface area contributed by atoms with Gasteiger partial charge in [-0.05, 0) is 44.1 Å². The minimum absolute atomic E-state index is 0. The van der Waals surface area contributed by atoms with Crippen LogP contribution in [0.25, 0.3) is 0 Å². The summed E-state index contributed by atoms with van der Waals surface area (Å²) in [5.41, 5.74) is -0.976. The number of hydrogen-bond acceptors (Lipinski definition) is 6. The Morgan fingerprint density at radius 2 is 2.00 bits per heavy atom. The van der Waals surface area contributed by atoms with E-state index < -0.39 is 11.9 Å². The van der Waals surface area contributed by atoms with Crippen molar-refractivity contribution in [3.8, 4) is 0 Å². The molecule has 1 atom stereocenters. The monoisotopic (exact) mass is 553 g/mol. The minimum atomic E-state index is -4.50. The number of rotatable bonds is 8. The number of hydrogen-bond donors (Lipinski definition) is 3. The van der Waals surface area contributed by atoms with Crippen molar-refractivity contribution in [1.82, 2.24) is 25.5 Å². The normalized spacial score (nSPS) is 15.9. The number of nitrogens with one attached hydrogen (secondary N) is 3. The molecule has 12 heteroatoms. The first-order valence-corrected chi connectivity index (χ1v) is 9.83. The third-order valence-corrected chi connectivity index (χ3v) is 4.79. The Kier molecular flexibility index (Phi) is 9.81. The molecule has 0 saturated carbocycles. The number of aliphatic imine (C=N–C) groups is 1. The molecule has 3 N–H and O–H groups in total. The molecule has 8 nitrogen and oxygen atoms in total. The van der Waals surface area contributed by atoms with Crippen molar-refractivity contribution in [3.05, 3.63) is 42.1 Å². The Hall–Kier alpha value is -2.09. The van der Waals surface area contributed by atoms with Crippen LogP contribution in [0.15, 0.2) is 40.1 Å². The van der Waals surface area contributed by atoms with Crippen LogP contribution < -0.4 is 16.0 Å². The number of furan rings is 1. The number of aromatic nitrogens is 2. The second-order valence-electron chi connectivity index (χ2n) is 6.84. The SMILES string of the molecule is CN=C(NCCNc1nccc(C(F)(F)F)n1)NCC(c1ccco1)N1CCCC1.I. The van der Waals surface area contributed by atoms with E-state index in [4.69, 9.17) is 4.42 Å².